The maximum Gasteiger partial charge on any atom is 0.519 e. The van der Waals surface area contributed by atoms with Crippen LogP contribution in [-0.4, -0.2) is 42.8 Å². The molecule has 0 saturated carbocycles. The number of hydrogen-bond acceptors (Lipinski definition) is 7. The zero-order valence-corrected chi connectivity index (χ0v) is 28.0. The summed E-state index contributed by atoms with van der Waals surface area (Å²) in [5.74, 6) is 0.686. The Hall–Kier alpha value is -2.32. The van der Waals surface area contributed by atoms with Crippen molar-refractivity contribution in [3.05, 3.63) is 47.5 Å². The van der Waals surface area contributed by atoms with Gasteiger partial charge in [0, 0.05) is 0 Å². The van der Waals surface area contributed by atoms with Crippen molar-refractivity contribution in [2.24, 2.45) is 0 Å². The van der Waals surface area contributed by atoms with Gasteiger partial charge in [-0.2, -0.15) is 0 Å². The van der Waals surface area contributed by atoms with Gasteiger partial charge < -0.3 is 28.1 Å². The first-order valence-corrected chi connectivity index (χ1v) is 14.8. The van der Waals surface area contributed by atoms with Crippen molar-refractivity contribution in [3.63, 3.8) is 0 Å². The Morgan fingerprint density at radius 3 is 1.12 bits per heavy atom. The molecular weight excluding hydrogens is 530 g/mol. The van der Waals surface area contributed by atoms with E-state index in [2.05, 4.69) is 41.5 Å². The molecule has 2 aliphatic rings. The molecule has 0 atom stereocenters. The van der Waals surface area contributed by atoms with Crippen LogP contribution in [0.4, 0.5) is 4.79 Å². The van der Waals surface area contributed by atoms with Crippen molar-refractivity contribution in [1.82, 2.24) is 0 Å². The van der Waals surface area contributed by atoms with Gasteiger partial charge in [-0.15, -0.1) is 0 Å². The summed E-state index contributed by atoms with van der Waals surface area (Å²) < 4.78 is 36.8. The molecule has 0 spiro atoms. The monoisotopic (exact) mass is 578 g/mol. The number of carbonyl (C=O) groups is 1. The average Bonchev–Trinajstić information content (AvgIpc) is 3.16. The Morgan fingerprint density at radius 1 is 0.571 bits per heavy atom. The summed E-state index contributed by atoms with van der Waals surface area (Å²) in [6.07, 6.45) is -0.846. The van der Waals surface area contributed by atoms with Crippen molar-refractivity contribution < 1.29 is 32.9 Å². The fourth-order valence-electron chi connectivity index (χ4n) is 5.12. The lowest BCUT2D eigenvalue weighted by Crippen LogP contribution is -2.41. The molecule has 4 rings (SSSR count). The van der Waals surface area contributed by atoms with Gasteiger partial charge in [-0.1, -0.05) is 53.7 Å². The van der Waals surface area contributed by atoms with E-state index in [4.69, 9.17) is 28.1 Å². The molecule has 228 valence electrons. The van der Waals surface area contributed by atoms with Crippen molar-refractivity contribution in [3.8, 4) is 11.5 Å². The van der Waals surface area contributed by atoms with Gasteiger partial charge in [0.2, 0.25) is 0 Å². The van der Waals surface area contributed by atoms with E-state index in [1.165, 1.54) is 0 Å². The van der Waals surface area contributed by atoms with Gasteiger partial charge in [0.25, 0.3) is 0 Å². The highest BCUT2D eigenvalue weighted by Crippen LogP contribution is 2.39. The second kappa shape index (κ2) is 10.4. The fourth-order valence-corrected chi connectivity index (χ4v) is 5.12. The molecule has 0 N–H and O–H groups in total. The zero-order valence-electron chi connectivity index (χ0n) is 28.0. The van der Waals surface area contributed by atoms with E-state index in [0.717, 1.165) is 22.1 Å². The predicted octanol–water partition coefficient (Wildman–Crippen LogP) is 6.46. The normalized spacial score (nSPS) is 21.0. The molecule has 2 aromatic rings. The molecular formula is C33H48B2O7. The van der Waals surface area contributed by atoms with Crippen molar-refractivity contribution in [2.75, 3.05) is 0 Å². The van der Waals surface area contributed by atoms with Crippen LogP contribution in [0.1, 0.15) is 108 Å². The number of hydrogen-bond donors (Lipinski definition) is 0. The van der Waals surface area contributed by atoms with Gasteiger partial charge in [0.05, 0.1) is 22.4 Å². The third-order valence-electron chi connectivity index (χ3n) is 9.08. The van der Waals surface area contributed by atoms with Crippen LogP contribution in [0.3, 0.4) is 0 Å². The minimum Gasteiger partial charge on any atom is -0.399 e. The standard InChI is InChI=1S/C33H48B2O7/c1-28(2,3)23-17-15-21(19-25(23)34-39-30(7,8)31(9,10)40-34)37-27(36)38-22-16-18-24(29(4,5)6)26(20-22)35-41-32(11,12)33(13,14)42-35/h15-20H,1-14H3. The van der Waals surface area contributed by atoms with E-state index in [1.54, 1.807) is 12.1 Å². The zero-order chi connectivity index (χ0) is 31.7. The van der Waals surface area contributed by atoms with Crippen LogP contribution in [0, 0.1) is 0 Å². The number of rotatable bonds is 4. The smallest absolute Gasteiger partial charge is 0.399 e. The summed E-state index contributed by atoms with van der Waals surface area (Å²) in [5, 5.41) is 0. The fraction of sp³-hybridized carbons (Fsp3) is 0.606. The first kappa shape index (κ1) is 32.6. The van der Waals surface area contributed by atoms with Gasteiger partial charge in [-0.25, -0.2) is 4.79 Å². The van der Waals surface area contributed by atoms with Crippen LogP contribution in [-0.2, 0) is 29.4 Å². The van der Waals surface area contributed by atoms with E-state index >= 15 is 0 Å². The highest BCUT2D eigenvalue weighted by atomic mass is 16.7. The van der Waals surface area contributed by atoms with Crippen LogP contribution in [0.5, 0.6) is 11.5 Å². The van der Waals surface area contributed by atoms with E-state index in [-0.39, 0.29) is 10.8 Å². The van der Waals surface area contributed by atoms with Crippen LogP contribution in [0.15, 0.2) is 36.4 Å². The van der Waals surface area contributed by atoms with Gasteiger partial charge in [0.15, 0.2) is 0 Å². The second-order valence-corrected chi connectivity index (χ2v) is 15.6. The highest BCUT2D eigenvalue weighted by Gasteiger charge is 2.54. The molecule has 0 aliphatic carbocycles. The summed E-state index contributed by atoms with van der Waals surface area (Å²) in [7, 11) is -1.20. The average molecular weight is 578 g/mol. The van der Waals surface area contributed by atoms with Crippen LogP contribution in [0.2, 0.25) is 0 Å². The summed E-state index contributed by atoms with van der Waals surface area (Å²) in [4.78, 5) is 13.1. The Balaban J connectivity index is 1.60. The van der Waals surface area contributed by atoms with Gasteiger partial charge >= 0.3 is 20.4 Å². The molecule has 0 bridgehead atoms. The van der Waals surface area contributed by atoms with E-state index in [9.17, 15) is 4.79 Å². The van der Waals surface area contributed by atoms with E-state index in [0.29, 0.717) is 11.5 Å². The molecule has 0 radical (unpaired) electrons. The van der Waals surface area contributed by atoms with Gasteiger partial charge in [0.1, 0.15) is 11.5 Å². The summed E-state index contributed by atoms with van der Waals surface area (Å²) >= 11 is 0. The Bertz CT molecular complexity index is 1220. The minimum atomic E-state index is -0.846. The summed E-state index contributed by atoms with van der Waals surface area (Å²) in [5.41, 5.74) is 1.36. The molecule has 9 heteroatoms. The maximum atomic E-state index is 13.1. The predicted molar refractivity (Wildman–Crippen MR) is 168 cm³/mol. The third-order valence-corrected chi connectivity index (χ3v) is 9.08. The van der Waals surface area contributed by atoms with Gasteiger partial charge in [-0.3, -0.25) is 0 Å². The van der Waals surface area contributed by atoms with Crippen LogP contribution >= 0.6 is 0 Å². The molecule has 0 aromatic heterocycles. The highest BCUT2D eigenvalue weighted by molar-refractivity contribution is 6.63. The topological polar surface area (TPSA) is 72.5 Å². The number of carbonyl (C=O) groups excluding carboxylic acids is 1. The number of ether oxygens (including phenoxy) is 2. The maximum absolute atomic E-state index is 13.1. The largest absolute Gasteiger partial charge is 0.519 e. The molecule has 2 aliphatic heterocycles. The van der Waals surface area contributed by atoms with Crippen molar-refractivity contribution in [1.29, 1.82) is 0 Å². The second-order valence-electron chi connectivity index (χ2n) is 15.6. The first-order valence-electron chi connectivity index (χ1n) is 14.8. The number of benzene rings is 2. The van der Waals surface area contributed by atoms with Crippen LogP contribution < -0.4 is 20.4 Å². The van der Waals surface area contributed by atoms with E-state index < -0.39 is 42.8 Å². The molecule has 42 heavy (non-hydrogen) atoms. The summed E-state index contributed by atoms with van der Waals surface area (Å²) in [6.45, 7) is 28.9. The quantitative estimate of drug-likeness (QED) is 0.234. The molecule has 0 amide bonds. The third kappa shape index (κ3) is 6.30. The lowest BCUT2D eigenvalue weighted by Gasteiger charge is -2.32. The lowest BCUT2D eigenvalue weighted by atomic mass is 9.69. The Kier molecular flexibility index (Phi) is 8.07. The molecule has 2 saturated heterocycles. The molecule has 0 unspecified atom stereocenters. The van der Waals surface area contributed by atoms with Gasteiger partial charge in [-0.05, 0) is 113 Å². The molecule has 2 aromatic carbocycles. The van der Waals surface area contributed by atoms with E-state index in [1.807, 2.05) is 79.7 Å². The van der Waals surface area contributed by atoms with Crippen molar-refractivity contribution in [2.45, 2.75) is 130 Å². The van der Waals surface area contributed by atoms with Crippen molar-refractivity contribution >= 4 is 31.3 Å². The molecule has 2 heterocycles. The molecule has 7 nitrogen and oxygen atoms in total. The molecule has 2 fully saturated rings. The summed E-state index contributed by atoms with van der Waals surface area (Å²) in [6, 6.07) is 11.1. The minimum absolute atomic E-state index is 0.184. The Morgan fingerprint density at radius 2 is 0.857 bits per heavy atom. The van der Waals surface area contributed by atoms with Crippen LogP contribution in [0.25, 0.3) is 0 Å². The lowest BCUT2D eigenvalue weighted by molar-refractivity contribution is 0.00578. The Labute approximate surface area is 253 Å². The first-order chi connectivity index (χ1) is 18.9. The SMILES string of the molecule is CC(C)(C)c1ccc(OC(=O)Oc2ccc(C(C)(C)C)c(B3OC(C)(C)C(C)(C)O3)c2)cc1B1OC(C)(C)C(C)(C)O1.